The lowest BCUT2D eigenvalue weighted by atomic mass is 10.1. The number of aromatic nitrogens is 2. The summed E-state index contributed by atoms with van der Waals surface area (Å²) in [7, 11) is 3.53. The van der Waals surface area contributed by atoms with E-state index < -0.39 is 5.91 Å². The van der Waals surface area contributed by atoms with Gasteiger partial charge in [-0.1, -0.05) is 29.3 Å². The van der Waals surface area contributed by atoms with Gasteiger partial charge in [0, 0.05) is 18.6 Å². The molecular weight excluding hydrogens is 465 g/mol. The standard InChI is InChI=1S/C22H27Cl2N7O2/c1-31-9-4-5-14(8-10-31)26-12-15(11-25)28-22-27-13-16(21(30-22)33-2)20(32)29-19-17(23)6-3-7-18(19)24/h3,6-7,11-14H,4-5,8-10,25H2,1-2H3,(H,29,32)(H,27,28,30)/b15-11+,26-12?. The molecule has 1 amide bonds. The van der Waals surface area contributed by atoms with Gasteiger partial charge in [-0.2, -0.15) is 4.98 Å². The van der Waals surface area contributed by atoms with Crippen molar-refractivity contribution in [1.82, 2.24) is 14.9 Å². The Kier molecular flexibility index (Phi) is 8.87. The van der Waals surface area contributed by atoms with Crippen molar-refractivity contribution >= 4 is 47.0 Å². The Morgan fingerprint density at radius 3 is 2.73 bits per heavy atom. The van der Waals surface area contributed by atoms with Crippen molar-refractivity contribution in [3.63, 3.8) is 0 Å². The minimum absolute atomic E-state index is 0.0771. The quantitative estimate of drug-likeness (QED) is 0.503. The molecule has 0 saturated carbocycles. The molecule has 0 bridgehead atoms. The van der Waals surface area contributed by atoms with Crippen LogP contribution in [-0.4, -0.2) is 60.3 Å². The number of halogens is 2. The molecule has 1 aliphatic heterocycles. The lowest BCUT2D eigenvalue weighted by Gasteiger charge is -2.13. The van der Waals surface area contributed by atoms with E-state index in [4.69, 9.17) is 33.7 Å². The highest BCUT2D eigenvalue weighted by Crippen LogP contribution is 2.31. The molecule has 1 saturated heterocycles. The number of ether oxygens (including phenoxy) is 1. The Balaban J connectivity index is 1.70. The number of rotatable bonds is 7. The minimum atomic E-state index is -0.511. The number of anilines is 2. The zero-order valence-electron chi connectivity index (χ0n) is 18.5. The van der Waals surface area contributed by atoms with Crippen molar-refractivity contribution in [2.24, 2.45) is 10.7 Å². The number of amides is 1. The third-order valence-electron chi connectivity index (χ3n) is 5.17. The average molecular weight is 492 g/mol. The molecule has 1 aromatic heterocycles. The first-order chi connectivity index (χ1) is 15.9. The molecule has 1 atom stereocenters. The number of allylic oxidation sites excluding steroid dienone is 1. The maximum atomic E-state index is 12.8. The van der Waals surface area contributed by atoms with Crippen molar-refractivity contribution in [2.75, 3.05) is 37.9 Å². The van der Waals surface area contributed by atoms with E-state index in [9.17, 15) is 4.79 Å². The summed E-state index contributed by atoms with van der Waals surface area (Å²) in [6.45, 7) is 2.10. The van der Waals surface area contributed by atoms with E-state index in [0.717, 1.165) is 32.4 Å². The van der Waals surface area contributed by atoms with Crippen molar-refractivity contribution < 1.29 is 9.53 Å². The first-order valence-corrected chi connectivity index (χ1v) is 11.2. The molecule has 2 aromatic rings. The molecule has 4 N–H and O–H groups in total. The number of likely N-dealkylation sites (tertiary alicyclic amines) is 1. The second-order valence-corrected chi connectivity index (χ2v) is 8.39. The van der Waals surface area contributed by atoms with Crippen LogP contribution in [0.25, 0.3) is 0 Å². The first-order valence-electron chi connectivity index (χ1n) is 10.5. The summed E-state index contributed by atoms with van der Waals surface area (Å²) < 4.78 is 5.29. The number of benzene rings is 1. The second-order valence-electron chi connectivity index (χ2n) is 7.58. The number of nitrogens with one attached hydrogen (secondary N) is 2. The number of methoxy groups -OCH3 is 1. The van der Waals surface area contributed by atoms with Crippen LogP contribution in [0, 0.1) is 0 Å². The normalized spacial score (nSPS) is 17.6. The number of para-hydroxylation sites is 1. The van der Waals surface area contributed by atoms with Gasteiger partial charge < -0.3 is 26.0 Å². The lowest BCUT2D eigenvalue weighted by molar-refractivity contribution is 0.102. The summed E-state index contributed by atoms with van der Waals surface area (Å²) in [5.41, 5.74) is 6.70. The SMILES string of the molecule is COc1nc(N/C(C=NC2CCCN(C)CC2)=C/N)ncc1C(=O)Nc1c(Cl)cccc1Cl. The van der Waals surface area contributed by atoms with E-state index in [1.54, 1.807) is 24.4 Å². The van der Waals surface area contributed by atoms with Gasteiger partial charge in [-0.15, -0.1) is 0 Å². The molecule has 1 fully saturated rings. The van der Waals surface area contributed by atoms with E-state index in [1.165, 1.54) is 19.5 Å². The summed E-state index contributed by atoms with van der Waals surface area (Å²) in [5, 5.41) is 6.29. The van der Waals surface area contributed by atoms with Gasteiger partial charge in [0.1, 0.15) is 5.56 Å². The van der Waals surface area contributed by atoms with Gasteiger partial charge in [0.05, 0.1) is 34.6 Å². The fourth-order valence-electron chi connectivity index (χ4n) is 3.34. The number of carbonyl (C=O) groups excluding carboxylic acids is 1. The highest BCUT2D eigenvalue weighted by Gasteiger charge is 2.19. The highest BCUT2D eigenvalue weighted by molar-refractivity contribution is 6.40. The second kappa shape index (κ2) is 11.8. The highest BCUT2D eigenvalue weighted by atomic mass is 35.5. The molecule has 1 aliphatic rings. The van der Waals surface area contributed by atoms with Crippen LogP contribution < -0.4 is 21.1 Å². The smallest absolute Gasteiger partial charge is 0.262 e. The van der Waals surface area contributed by atoms with Crippen molar-refractivity contribution in [2.45, 2.75) is 25.3 Å². The van der Waals surface area contributed by atoms with E-state index in [2.05, 4.69) is 37.5 Å². The van der Waals surface area contributed by atoms with Crippen LogP contribution in [0.5, 0.6) is 5.88 Å². The maximum Gasteiger partial charge on any atom is 0.262 e. The molecule has 0 radical (unpaired) electrons. The van der Waals surface area contributed by atoms with Crippen molar-refractivity contribution in [3.05, 3.63) is 51.9 Å². The molecule has 1 aromatic carbocycles. The van der Waals surface area contributed by atoms with E-state index in [0.29, 0.717) is 21.4 Å². The van der Waals surface area contributed by atoms with E-state index >= 15 is 0 Å². The Labute approximate surface area is 203 Å². The summed E-state index contributed by atoms with van der Waals surface area (Å²) in [5.74, 6) is -0.223. The molecule has 0 aliphatic carbocycles. The molecule has 3 rings (SSSR count). The Hall–Kier alpha value is -2.88. The van der Waals surface area contributed by atoms with Crippen LogP contribution >= 0.6 is 23.2 Å². The van der Waals surface area contributed by atoms with Gasteiger partial charge in [0.15, 0.2) is 0 Å². The fraction of sp³-hybridized carbons (Fsp3) is 0.364. The summed E-state index contributed by atoms with van der Waals surface area (Å²) >= 11 is 12.3. The van der Waals surface area contributed by atoms with Crippen LogP contribution in [0.4, 0.5) is 11.6 Å². The molecule has 9 nitrogen and oxygen atoms in total. The largest absolute Gasteiger partial charge is 0.480 e. The zero-order chi connectivity index (χ0) is 23.8. The molecule has 2 heterocycles. The summed E-state index contributed by atoms with van der Waals surface area (Å²) in [6, 6.07) is 5.17. The molecule has 11 heteroatoms. The summed E-state index contributed by atoms with van der Waals surface area (Å²) in [4.78, 5) is 28.2. The number of hydrogen-bond acceptors (Lipinski definition) is 8. The van der Waals surface area contributed by atoms with Crippen LogP contribution in [0.15, 0.2) is 41.3 Å². The number of aliphatic imine (C=N–C) groups is 1. The Morgan fingerprint density at radius 1 is 1.27 bits per heavy atom. The van der Waals surface area contributed by atoms with E-state index in [1.807, 2.05) is 0 Å². The monoisotopic (exact) mass is 491 g/mol. The number of carbonyl (C=O) groups is 1. The number of nitrogens with two attached hydrogens (primary N) is 1. The van der Waals surface area contributed by atoms with Gasteiger partial charge in [-0.05, 0) is 51.5 Å². The molecule has 33 heavy (non-hydrogen) atoms. The van der Waals surface area contributed by atoms with Gasteiger partial charge >= 0.3 is 0 Å². The van der Waals surface area contributed by atoms with Gasteiger partial charge in [0.2, 0.25) is 11.8 Å². The number of nitrogens with zero attached hydrogens (tertiary/aromatic N) is 4. The Morgan fingerprint density at radius 2 is 2.03 bits per heavy atom. The lowest BCUT2D eigenvalue weighted by Crippen LogP contribution is -2.19. The zero-order valence-corrected chi connectivity index (χ0v) is 20.0. The van der Waals surface area contributed by atoms with Crippen LogP contribution in [0.2, 0.25) is 10.0 Å². The van der Waals surface area contributed by atoms with Crippen molar-refractivity contribution in [3.8, 4) is 5.88 Å². The summed E-state index contributed by atoms with van der Waals surface area (Å²) in [6.07, 6.45) is 7.56. The average Bonchev–Trinajstić information content (AvgIpc) is 3.02. The predicted octanol–water partition coefficient (Wildman–Crippen LogP) is 3.81. The fourth-order valence-corrected chi connectivity index (χ4v) is 3.83. The molecule has 1 unspecified atom stereocenters. The molecule has 176 valence electrons. The van der Waals surface area contributed by atoms with Crippen LogP contribution in [0.3, 0.4) is 0 Å². The Bertz CT molecular complexity index is 1030. The molecule has 0 spiro atoms. The predicted molar refractivity (Wildman–Crippen MR) is 133 cm³/mol. The van der Waals surface area contributed by atoms with Gasteiger partial charge in [-0.25, -0.2) is 4.98 Å². The molecular formula is C22H27Cl2N7O2. The number of hydrogen-bond donors (Lipinski definition) is 3. The van der Waals surface area contributed by atoms with Crippen LogP contribution in [0.1, 0.15) is 29.6 Å². The minimum Gasteiger partial charge on any atom is -0.480 e. The van der Waals surface area contributed by atoms with Gasteiger partial charge in [-0.3, -0.25) is 9.79 Å². The maximum absolute atomic E-state index is 12.8. The van der Waals surface area contributed by atoms with Gasteiger partial charge in [0.25, 0.3) is 5.91 Å². The first kappa shape index (κ1) is 24.8. The topological polar surface area (TPSA) is 118 Å². The third-order valence-corrected chi connectivity index (χ3v) is 5.80. The van der Waals surface area contributed by atoms with Crippen molar-refractivity contribution in [1.29, 1.82) is 0 Å². The van der Waals surface area contributed by atoms with Crippen LogP contribution in [-0.2, 0) is 0 Å². The third kappa shape index (κ3) is 6.80. The van der Waals surface area contributed by atoms with E-state index in [-0.39, 0.29) is 23.4 Å².